The fraction of sp³-hybridized carbons (Fsp3) is 0.786. The van der Waals surface area contributed by atoms with Gasteiger partial charge in [-0.1, -0.05) is 19.3 Å². The van der Waals surface area contributed by atoms with Gasteiger partial charge in [0.05, 0.1) is 25.0 Å². The number of rotatable bonds is 4. The summed E-state index contributed by atoms with van der Waals surface area (Å²) in [5.41, 5.74) is 7.66. The second-order valence-corrected chi connectivity index (χ2v) is 5.76. The molecule has 1 aromatic heterocycles. The van der Waals surface area contributed by atoms with Gasteiger partial charge in [-0.2, -0.15) is 5.10 Å². The molecule has 19 heavy (non-hydrogen) atoms. The highest BCUT2D eigenvalue weighted by Gasteiger charge is 2.42. The van der Waals surface area contributed by atoms with Crippen molar-refractivity contribution in [2.24, 2.45) is 12.8 Å². The highest BCUT2D eigenvalue weighted by atomic mass is 16.5. The average Bonchev–Trinajstić information content (AvgIpc) is 2.79. The van der Waals surface area contributed by atoms with Gasteiger partial charge in [0, 0.05) is 12.6 Å². The summed E-state index contributed by atoms with van der Waals surface area (Å²) in [4.78, 5) is 2.29. The first-order valence-electron chi connectivity index (χ1n) is 7.02. The molecule has 1 atom stereocenters. The van der Waals surface area contributed by atoms with E-state index in [4.69, 9.17) is 10.5 Å². The van der Waals surface area contributed by atoms with E-state index < -0.39 is 0 Å². The maximum absolute atomic E-state index is 6.64. The topological polar surface area (TPSA) is 56.3 Å². The van der Waals surface area contributed by atoms with Crippen molar-refractivity contribution in [3.8, 4) is 5.75 Å². The van der Waals surface area contributed by atoms with Gasteiger partial charge >= 0.3 is 0 Å². The Labute approximate surface area is 115 Å². The Morgan fingerprint density at radius 3 is 2.53 bits per heavy atom. The van der Waals surface area contributed by atoms with Gasteiger partial charge in [0.15, 0.2) is 5.75 Å². The Kier molecular flexibility index (Phi) is 4.16. The third-order valence-corrected chi connectivity index (χ3v) is 4.65. The van der Waals surface area contributed by atoms with Crippen molar-refractivity contribution in [3.05, 3.63) is 11.9 Å². The number of aromatic nitrogens is 2. The molecule has 0 spiro atoms. The number of ether oxygens (including phenoxy) is 1. The molecule has 108 valence electrons. The van der Waals surface area contributed by atoms with Gasteiger partial charge in [0.2, 0.25) is 0 Å². The number of nitrogens with two attached hydrogens (primary N) is 1. The second-order valence-electron chi connectivity index (χ2n) is 5.76. The highest BCUT2D eigenvalue weighted by molar-refractivity contribution is 5.31. The molecule has 1 heterocycles. The zero-order valence-electron chi connectivity index (χ0n) is 12.5. The van der Waals surface area contributed by atoms with Gasteiger partial charge in [-0.05, 0) is 26.9 Å². The molecule has 2 rings (SSSR count). The van der Waals surface area contributed by atoms with Crippen LogP contribution in [0.5, 0.6) is 5.75 Å². The molecule has 1 aromatic rings. The normalized spacial score (nSPS) is 20.5. The van der Waals surface area contributed by atoms with Crippen molar-refractivity contribution in [3.63, 3.8) is 0 Å². The lowest BCUT2D eigenvalue weighted by Gasteiger charge is -2.47. The molecule has 1 saturated carbocycles. The Morgan fingerprint density at radius 1 is 1.37 bits per heavy atom. The van der Waals surface area contributed by atoms with Crippen molar-refractivity contribution in [1.82, 2.24) is 14.7 Å². The maximum atomic E-state index is 6.64. The second kappa shape index (κ2) is 5.51. The zero-order chi connectivity index (χ0) is 14.0. The van der Waals surface area contributed by atoms with E-state index in [0.29, 0.717) is 0 Å². The van der Waals surface area contributed by atoms with Gasteiger partial charge in [0.1, 0.15) is 0 Å². The van der Waals surface area contributed by atoms with E-state index >= 15 is 0 Å². The van der Waals surface area contributed by atoms with Crippen LogP contribution in [-0.4, -0.2) is 41.4 Å². The van der Waals surface area contributed by atoms with Crippen molar-refractivity contribution >= 4 is 0 Å². The summed E-state index contributed by atoms with van der Waals surface area (Å²) in [5, 5.41) is 4.29. The molecule has 0 saturated heterocycles. The van der Waals surface area contributed by atoms with E-state index in [-0.39, 0.29) is 11.6 Å². The minimum atomic E-state index is -0.0785. The van der Waals surface area contributed by atoms with Crippen LogP contribution in [0, 0.1) is 0 Å². The Hall–Kier alpha value is -1.07. The molecule has 5 heteroatoms. The smallest absolute Gasteiger partial charge is 0.161 e. The summed E-state index contributed by atoms with van der Waals surface area (Å²) in [6, 6.07) is -0.0785. The van der Waals surface area contributed by atoms with Crippen LogP contribution in [0.25, 0.3) is 0 Å². The molecule has 2 N–H and O–H groups in total. The molecule has 1 unspecified atom stereocenters. The van der Waals surface area contributed by atoms with Crippen LogP contribution in [0.15, 0.2) is 6.20 Å². The minimum absolute atomic E-state index is 0.0132. The third-order valence-electron chi connectivity index (χ3n) is 4.65. The first-order chi connectivity index (χ1) is 9.03. The number of nitrogens with zero attached hydrogens (tertiary/aromatic N) is 3. The summed E-state index contributed by atoms with van der Waals surface area (Å²) in [5.74, 6) is 0.793. The maximum Gasteiger partial charge on any atom is 0.161 e. The highest BCUT2D eigenvalue weighted by Crippen LogP contribution is 2.42. The van der Waals surface area contributed by atoms with E-state index in [2.05, 4.69) is 24.1 Å². The molecule has 1 aliphatic rings. The average molecular weight is 266 g/mol. The fourth-order valence-electron chi connectivity index (χ4n) is 3.39. The molecule has 0 aliphatic heterocycles. The largest absolute Gasteiger partial charge is 0.493 e. The number of hydrogen-bond donors (Lipinski definition) is 1. The van der Waals surface area contributed by atoms with E-state index in [1.165, 1.54) is 19.3 Å². The molecular weight excluding hydrogens is 240 g/mol. The zero-order valence-corrected chi connectivity index (χ0v) is 12.5. The third kappa shape index (κ3) is 2.37. The van der Waals surface area contributed by atoms with Crippen LogP contribution in [0.2, 0.25) is 0 Å². The standard InChI is InChI=1S/C14H26N4O/c1-17(2)14(8-6-5-7-9-14)13(15)12-11(19-4)10-16-18(12)3/h10,13H,5-9,15H2,1-4H3. The molecule has 1 fully saturated rings. The quantitative estimate of drug-likeness (QED) is 0.901. The number of aryl methyl sites for hydroxylation is 1. The Balaban J connectivity index is 2.39. The van der Waals surface area contributed by atoms with Crippen LogP contribution >= 0.6 is 0 Å². The lowest BCUT2D eigenvalue weighted by atomic mass is 9.74. The molecule has 5 nitrogen and oxygen atoms in total. The number of methoxy groups -OCH3 is 1. The van der Waals surface area contributed by atoms with Crippen molar-refractivity contribution in [2.75, 3.05) is 21.2 Å². The summed E-state index contributed by atoms with van der Waals surface area (Å²) in [6.07, 6.45) is 7.81. The van der Waals surface area contributed by atoms with Crippen LogP contribution in [0.1, 0.15) is 43.8 Å². The predicted molar refractivity (Wildman–Crippen MR) is 76.2 cm³/mol. The van der Waals surface area contributed by atoms with Gasteiger partial charge in [-0.15, -0.1) is 0 Å². The molecule has 1 aliphatic carbocycles. The molecule has 0 bridgehead atoms. The SMILES string of the molecule is COc1cnn(C)c1C(N)C1(N(C)C)CCCCC1. The van der Waals surface area contributed by atoms with Crippen molar-refractivity contribution in [1.29, 1.82) is 0 Å². The molecular formula is C14H26N4O. The van der Waals surface area contributed by atoms with E-state index in [1.807, 2.05) is 11.7 Å². The summed E-state index contributed by atoms with van der Waals surface area (Å²) < 4.78 is 7.27. The number of likely N-dealkylation sites (N-methyl/N-ethyl adjacent to an activating group) is 1. The van der Waals surface area contributed by atoms with Crippen LogP contribution in [0.3, 0.4) is 0 Å². The Morgan fingerprint density at radius 2 is 2.00 bits per heavy atom. The monoisotopic (exact) mass is 266 g/mol. The van der Waals surface area contributed by atoms with Gasteiger partial charge in [0.25, 0.3) is 0 Å². The van der Waals surface area contributed by atoms with Gasteiger partial charge in [-0.3, -0.25) is 4.68 Å². The molecule has 0 amide bonds. The van der Waals surface area contributed by atoms with Gasteiger partial charge < -0.3 is 15.4 Å². The first-order valence-corrected chi connectivity index (χ1v) is 7.02. The predicted octanol–water partition coefficient (Wildman–Crippen LogP) is 1.69. The summed E-state index contributed by atoms with van der Waals surface area (Å²) >= 11 is 0. The van der Waals surface area contributed by atoms with Gasteiger partial charge in [-0.25, -0.2) is 0 Å². The molecule has 0 aromatic carbocycles. The lowest BCUT2D eigenvalue weighted by molar-refractivity contribution is 0.0676. The van der Waals surface area contributed by atoms with Crippen LogP contribution in [0.4, 0.5) is 0 Å². The fourth-order valence-corrected chi connectivity index (χ4v) is 3.39. The minimum Gasteiger partial charge on any atom is -0.493 e. The van der Waals surface area contributed by atoms with Crippen LogP contribution < -0.4 is 10.5 Å². The summed E-state index contributed by atoms with van der Waals surface area (Å²) in [6.45, 7) is 0. The first kappa shape index (κ1) is 14.3. The summed E-state index contributed by atoms with van der Waals surface area (Å²) in [7, 11) is 7.88. The molecule has 0 radical (unpaired) electrons. The van der Waals surface area contributed by atoms with Crippen molar-refractivity contribution < 1.29 is 4.74 Å². The van der Waals surface area contributed by atoms with Crippen molar-refractivity contribution in [2.45, 2.75) is 43.7 Å². The Bertz CT molecular complexity index is 421. The van der Waals surface area contributed by atoms with Crippen LogP contribution in [-0.2, 0) is 7.05 Å². The van der Waals surface area contributed by atoms with E-state index in [9.17, 15) is 0 Å². The van der Waals surface area contributed by atoms with E-state index in [0.717, 1.165) is 24.3 Å². The lowest BCUT2D eigenvalue weighted by Crippen LogP contribution is -2.54. The van der Waals surface area contributed by atoms with E-state index in [1.54, 1.807) is 13.3 Å². The number of hydrogen-bond acceptors (Lipinski definition) is 4.